The first-order valence-corrected chi connectivity index (χ1v) is 24.4. The van der Waals surface area contributed by atoms with Gasteiger partial charge in [-0.15, -0.1) is 0 Å². The van der Waals surface area contributed by atoms with Crippen LogP contribution in [0.5, 0.6) is 17.2 Å². The summed E-state index contributed by atoms with van der Waals surface area (Å²) in [5.74, 6) is 1.44. The van der Waals surface area contributed by atoms with Crippen LogP contribution >= 0.6 is 0 Å². The number of nitrogens with two attached hydrogens (primary N) is 2. The highest BCUT2D eigenvalue weighted by Gasteiger charge is 2.56. The highest BCUT2D eigenvalue weighted by molar-refractivity contribution is 5.78. The fourth-order valence-electron chi connectivity index (χ4n) is 12.4. The van der Waals surface area contributed by atoms with E-state index >= 15 is 0 Å². The Bertz CT molecular complexity index is 2000. The molecule has 8 rings (SSSR count). The fourth-order valence-corrected chi connectivity index (χ4v) is 12.4. The zero-order valence-corrected chi connectivity index (χ0v) is 38.8. The number of hydrogen-bond acceptors (Lipinski definition) is 16. The Hall–Kier alpha value is -3.94. The molecule has 17 nitrogen and oxygen atoms in total. The minimum absolute atomic E-state index is 0.111. The summed E-state index contributed by atoms with van der Waals surface area (Å²) in [4.78, 5) is 41.9. The Morgan fingerprint density at radius 3 is 2.09 bits per heavy atom. The third kappa shape index (κ3) is 10.3. The SMILES string of the molecule is CN1C[C@@]2(CCc3cc([N+](=O)[O-])cc(OC(=O)C4CC5CC4CC5NCCNCCNCCN)c3O2)C(C)(C)c2cc(OC(=O)C3CC4CC(NCCNCCNCCN)C3C4)ccc21. The number of hydrogen-bond donors (Lipinski definition) is 8. The van der Waals surface area contributed by atoms with E-state index in [0.717, 1.165) is 115 Å². The normalized spacial score (nSPS) is 29.2. The number of non-ortho nitro benzene ring substituents is 1. The summed E-state index contributed by atoms with van der Waals surface area (Å²) in [6.07, 6.45) is 6.68. The van der Waals surface area contributed by atoms with Crippen LogP contribution < -0.4 is 62.5 Å². The van der Waals surface area contributed by atoms with Gasteiger partial charge < -0.3 is 62.5 Å². The van der Waals surface area contributed by atoms with Crippen molar-refractivity contribution >= 4 is 23.3 Å². The van der Waals surface area contributed by atoms with Crippen LogP contribution in [0.4, 0.5) is 11.4 Å². The molecule has 8 unspecified atom stereocenters. The van der Waals surface area contributed by atoms with Crippen molar-refractivity contribution in [2.45, 2.75) is 88.3 Å². The lowest BCUT2D eigenvalue weighted by molar-refractivity contribution is -0.385. The van der Waals surface area contributed by atoms with Crippen molar-refractivity contribution in [3.63, 3.8) is 0 Å². The predicted octanol–water partition coefficient (Wildman–Crippen LogP) is 2.18. The number of esters is 2. The van der Waals surface area contributed by atoms with Crippen LogP contribution in [0.3, 0.4) is 0 Å². The van der Waals surface area contributed by atoms with Crippen molar-refractivity contribution < 1.29 is 28.7 Å². The topological polar surface area (TPSA) is 232 Å². The van der Waals surface area contributed by atoms with Crippen LogP contribution in [-0.2, 0) is 21.4 Å². The number of nitrogens with one attached hydrogen (secondary N) is 6. The quantitative estimate of drug-likeness (QED) is 0.0263. The summed E-state index contributed by atoms with van der Waals surface area (Å²) in [6.45, 7) is 14.7. The lowest BCUT2D eigenvalue weighted by Gasteiger charge is -2.55. The minimum Gasteiger partial charge on any atom is -0.480 e. The van der Waals surface area contributed by atoms with Crippen LogP contribution in [-0.4, -0.2) is 127 Å². The summed E-state index contributed by atoms with van der Waals surface area (Å²) in [5.41, 5.74) is 12.2. The van der Waals surface area contributed by atoms with E-state index in [1.54, 1.807) is 6.07 Å². The predicted molar refractivity (Wildman–Crippen MR) is 251 cm³/mol. The Kier molecular flexibility index (Phi) is 15.3. The third-order valence-corrected chi connectivity index (χ3v) is 15.8. The Morgan fingerprint density at radius 1 is 0.785 bits per heavy atom. The van der Waals surface area contributed by atoms with Crippen molar-refractivity contribution in [2.24, 2.45) is 47.0 Å². The molecule has 358 valence electrons. The van der Waals surface area contributed by atoms with Crippen LogP contribution in [0.1, 0.15) is 69.9 Å². The summed E-state index contributed by atoms with van der Waals surface area (Å²) in [7, 11) is 2.03. The maximum atomic E-state index is 14.0. The molecule has 2 heterocycles. The number of nitrogens with zero attached hydrogens (tertiary/aromatic N) is 2. The van der Waals surface area contributed by atoms with E-state index in [0.29, 0.717) is 73.5 Å². The number of anilines is 1. The van der Waals surface area contributed by atoms with Gasteiger partial charge in [-0.2, -0.15) is 0 Å². The van der Waals surface area contributed by atoms with Gasteiger partial charge in [-0.1, -0.05) is 13.8 Å². The van der Waals surface area contributed by atoms with E-state index < -0.39 is 15.9 Å². The first-order chi connectivity index (χ1) is 31.4. The van der Waals surface area contributed by atoms with Gasteiger partial charge in [-0.3, -0.25) is 19.7 Å². The van der Waals surface area contributed by atoms with E-state index in [9.17, 15) is 19.7 Å². The summed E-state index contributed by atoms with van der Waals surface area (Å²) < 4.78 is 19.6. The highest BCUT2D eigenvalue weighted by atomic mass is 16.6. The van der Waals surface area contributed by atoms with Crippen molar-refractivity contribution in [3.05, 3.63) is 51.6 Å². The lowest BCUT2D eigenvalue weighted by atomic mass is 9.63. The van der Waals surface area contributed by atoms with E-state index in [1.165, 1.54) is 6.07 Å². The molecule has 0 amide bonds. The van der Waals surface area contributed by atoms with Gasteiger partial charge in [-0.25, -0.2) is 0 Å². The number of nitro benzene ring substituents is 1. The van der Waals surface area contributed by atoms with Gasteiger partial charge in [-0.05, 0) is 98.8 Å². The van der Waals surface area contributed by atoms with Gasteiger partial charge in [0, 0.05) is 120 Å². The van der Waals surface area contributed by atoms with Crippen molar-refractivity contribution in [3.8, 4) is 17.2 Å². The molecule has 4 saturated carbocycles. The fraction of sp³-hybridized carbons (Fsp3) is 0.708. The van der Waals surface area contributed by atoms with Crippen LogP contribution in [0.25, 0.3) is 0 Å². The first kappa shape index (κ1) is 47.5. The summed E-state index contributed by atoms with van der Waals surface area (Å²) in [6, 6.07) is 9.49. The average Bonchev–Trinajstić information content (AvgIpc) is 4.10. The monoisotopic (exact) mass is 903 g/mol. The first-order valence-electron chi connectivity index (χ1n) is 24.4. The number of benzene rings is 2. The van der Waals surface area contributed by atoms with Gasteiger partial charge in [0.1, 0.15) is 11.4 Å². The molecule has 4 aliphatic carbocycles. The molecule has 2 aliphatic heterocycles. The van der Waals surface area contributed by atoms with Crippen LogP contribution in [0, 0.1) is 45.6 Å². The number of rotatable bonds is 23. The molecular formula is C48H74N10O7. The molecule has 4 bridgehead atoms. The van der Waals surface area contributed by atoms with Gasteiger partial charge in [0.2, 0.25) is 0 Å². The van der Waals surface area contributed by atoms with E-state index in [2.05, 4.69) is 50.6 Å². The number of likely N-dealkylation sites (N-methyl/N-ethyl adjacent to an activating group) is 1. The van der Waals surface area contributed by atoms with Gasteiger partial charge in [0.15, 0.2) is 11.5 Å². The smallest absolute Gasteiger partial charge is 0.314 e. The molecule has 9 atom stereocenters. The van der Waals surface area contributed by atoms with Crippen molar-refractivity contribution in [1.82, 2.24) is 31.9 Å². The molecule has 6 aliphatic rings. The molecule has 0 saturated heterocycles. The summed E-state index contributed by atoms with van der Waals surface area (Å²) >= 11 is 0. The summed E-state index contributed by atoms with van der Waals surface area (Å²) in [5, 5.41) is 33.1. The van der Waals surface area contributed by atoms with Gasteiger partial charge in [0.25, 0.3) is 5.69 Å². The molecule has 17 heteroatoms. The zero-order valence-electron chi connectivity index (χ0n) is 38.8. The highest BCUT2D eigenvalue weighted by Crippen LogP contribution is 2.55. The molecule has 2 aromatic carbocycles. The maximum absolute atomic E-state index is 14.0. The molecule has 1 spiro atoms. The maximum Gasteiger partial charge on any atom is 0.314 e. The number of carbonyl (C=O) groups excluding carboxylic acids is 2. The molecule has 4 fully saturated rings. The Morgan fingerprint density at radius 2 is 1.45 bits per heavy atom. The van der Waals surface area contributed by atoms with Crippen LogP contribution in [0.2, 0.25) is 0 Å². The van der Waals surface area contributed by atoms with E-state index in [1.807, 2.05) is 25.2 Å². The lowest BCUT2D eigenvalue weighted by Crippen LogP contribution is -2.63. The number of fused-ring (bicyclic) bond motifs is 6. The molecule has 65 heavy (non-hydrogen) atoms. The zero-order chi connectivity index (χ0) is 45.7. The second-order valence-electron chi connectivity index (χ2n) is 20.2. The standard InChI is InChI=1S/C48H74N10O7/c1-47(2)39-28-35(63-46(60)38-21-30-20-37(38)41(22-30)56-19-17-54-15-13-52-11-9-50)4-5-42(39)57(3)29-48(47)7-6-31-24-34(58(61)62)27-43(44(31)65-48)64-45(59)36-25-33-23-32(36)26-40(33)55-18-16-53-14-12-51-10-8-49/h4-5,24,27-28,30,32-33,36-38,40-41,51-56H,6-23,25-26,29,49-50H2,1-3H3/t30?,32?,33?,36?,37?,38?,40?,41?,48-/m0/s1. The van der Waals surface area contributed by atoms with Gasteiger partial charge in [0.05, 0.1) is 29.4 Å². The average molecular weight is 903 g/mol. The minimum atomic E-state index is -0.790. The van der Waals surface area contributed by atoms with E-state index in [4.69, 9.17) is 25.7 Å². The largest absolute Gasteiger partial charge is 0.480 e. The molecule has 0 radical (unpaired) electrons. The number of nitro groups is 1. The molecular weight excluding hydrogens is 829 g/mol. The molecule has 2 aromatic rings. The molecule has 10 N–H and O–H groups in total. The van der Waals surface area contributed by atoms with E-state index in [-0.39, 0.29) is 47.0 Å². The second kappa shape index (κ2) is 20.9. The van der Waals surface area contributed by atoms with Gasteiger partial charge >= 0.3 is 11.9 Å². The number of aryl methyl sites for hydroxylation is 1. The Labute approximate surface area is 384 Å². The molecule has 0 aromatic heterocycles. The number of carbonyl (C=O) groups is 2. The van der Waals surface area contributed by atoms with Crippen LogP contribution in [0.15, 0.2) is 30.3 Å². The number of ether oxygens (including phenoxy) is 3. The Balaban J connectivity index is 0.906. The van der Waals surface area contributed by atoms with Crippen molar-refractivity contribution in [1.29, 1.82) is 0 Å². The van der Waals surface area contributed by atoms with Crippen molar-refractivity contribution in [2.75, 3.05) is 97.0 Å². The third-order valence-electron chi connectivity index (χ3n) is 15.8. The second-order valence-corrected chi connectivity index (χ2v) is 20.2.